The fraction of sp³-hybridized carbons (Fsp3) is 0.583. The Morgan fingerprint density at radius 3 is 2.65 bits per heavy atom. The molecule has 8 heteroatoms. The highest BCUT2D eigenvalue weighted by Gasteiger charge is 2.13. The van der Waals surface area contributed by atoms with E-state index in [1.807, 2.05) is 0 Å². The van der Waals surface area contributed by atoms with Crippen LogP contribution in [-0.4, -0.2) is 53.9 Å². The first-order valence-corrected chi connectivity index (χ1v) is 7.78. The number of hydrogen-bond acceptors (Lipinski definition) is 6. The van der Waals surface area contributed by atoms with Gasteiger partial charge in [0.05, 0.1) is 13.2 Å². The van der Waals surface area contributed by atoms with E-state index in [0.29, 0.717) is 38.6 Å². The fourth-order valence-corrected chi connectivity index (χ4v) is 2.41. The number of rotatable bonds is 10. The van der Waals surface area contributed by atoms with Crippen molar-refractivity contribution in [1.29, 1.82) is 0 Å². The number of hydrogen-bond donors (Lipinski definition) is 2. The molecule has 0 aliphatic rings. The summed E-state index contributed by atoms with van der Waals surface area (Å²) in [5.74, 6) is 0.621. The molecule has 0 aromatic carbocycles. The van der Waals surface area contributed by atoms with Gasteiger partial charge in [-0.25, -0.2) is 18.1 Å². The molecular formula is C12H21N3O4S. The molecule has 0 spiro atoms. The quantitative estimate of drug-likeness (QED) is 0.610. The summed E-state index contributed by atoms with van der Waals surface area (Å²) >= 11 is 0. The van der Waals surface area contributed by atoms with E-state index in [1.165, 1.54) is 12.3 Å². The molecule has 0 radical (unpaired) electrons. The van der Waals surface area contributed by atoms with Gasteiger partial charge in [0.15, 0.2) is 0 Å². The monoisotopic (exact) mass is 303 g/mol. The Hall–Kier alpha value is -1.22. The topological polar surface area (TPSA) is 89.6 Å². The van der Waals surface area contributed by atoms with Gasteiger partial charge in [-0.05, 0) is 18.6 Å². The number of aromatic nitrogens is 1. The third-order valence-corrected chi connectivity index (χ3v) is 3.94. The predicted molar refractivity (Wildman–Crippen MR) is 76.3 cm³/mol. The van der Waals surface area contributed by atoms with Gasteiger partial charge in [-0.15, -0.1) is 0 Å². The summed E-state index contributed by atoms with van der Waals surface area (Å²) in [7, 11) is -0.181. The van der Waals surface area contributed by atoms with E-state index in [0.717, 1.165) is 0 Å². The third-order valence-electron chi connectivity index (χ3n) is 2.49. The van der Waals surface area contributed by atoms with E-state index in [2.05, 4.69) is 15.0 Å². The lowest BCUT2D eigenvalue weighted by atomic mass is 10.5. The third kappa shape index (κ3) is 5.83. The molecule has 1 aromatic rings. The zero-order valence-corrected chi connectivity index (χ0v) is 12.6. The van der Waals surface area contributed by atoms with Crippen LogP contribution < -0.4 is 10.0 Å². The van der Waals surface area contributed by atoms with Crippen molar-refractivity contribution < 1.29 is 17.9 Å². The highest BCUT2D eigenvalue weighted by molar-refractivity contribution is 7.89. The number of anilines is 1. The van der Waals surface area contributed by atoms with E-state index in [1.54, 1.807) is 20.2 Å². The summed E-state index contributed by atoms with van der Waals surface area (Å²) in [4.78, 5) is 4.12. The van der Waals surface area contributed by atoms with E-state index in [-0.39, 0.29) is 4.90 Å². The van der Waals surface area contributed by atoms with Gasteiger partial charge in [-0.1, -0.05) is 0 Å². The van der Waals surface area contributed by atoms with Crippen molar-refractivity contribution in [2.45, 2.75) is 11.3 Å². The first-order valence-electron chi connectivity index (χ1n) is 6.30. The van der Waals surface area contributed by atoms with Gasteiger partial charge in [0, 0.05) is 33.5 Å². The van der Waals surface area contributed by atoms with Gasteiger partial charge in [-0.2, -0.15) is 0 Å². The lowest BCUT2D eigenvalue weighted by molar-refractivity contribution is 0.0699. The smallest absolute Gasteiger partial charge is 0.242 e. The highest BCUT2D eigenvalue weighted by Crippen LogP contribution is 2.09. The van der Waals surface area contributed by atoms with Gasteiger partial charge in [0.2, 0.25) is 10.0 Å². The van der Waals surface area contributed by atoms with Gasteiger partial charge in [0.25, 0.3) is 0 Å². The number of sulfonamides is 1. The van der Waals surface area contributed by atoms with E-state index < -0.39 is 10.0 Å². The molecule has 7 nitrogen and oxygen atoms in total. The number of nitrogens with one attached hydrogen (secondary N) is 2. The van der Waals surface area contributed by atoms with Gasteiger partial charge in [0.1, 0.15) is 10.7 Å². The Labute approximate surface area is 119 Å². The van der Waals surface area contributed by atoms with Crippen LogP contribution in [0.1, 0.15) is 6.42 Å². The Morgan fingerprint density at radius 2 is 2.05 bits per heavy atom. The molecular weight excluding hydrogens is 282 g/mol. The lowest BCUT2D eigenvalue weighted by Gasteiger charge is -2.07. The van der Waals surface area contributed by atoms with Crippen LogP contribution in [0.5, 0.6) is 0 Å². The number of methoxy groups -OCH3 is 1. The SMILES string of the molecule is CNc1ccc(S(=O)(=O)NCCCOCCOC)cn1. The average molecular weight is 303 g/mol. The Kier molecular flexibility index (Phi) is 7.45. The summed E-state index contributed by atoms with van der Waals surface area (Å²) in [5.41, 5.74) is 0. The maximum Gasteiger partial charge on any atom is 0.242 e. The summed E-state index contributed by atoms with van der Waals surface area (Å²) in [6.07, 6.45) is 1.92. The first kappa shape index (κ1) is 16.8. The molecule has 0 fully saturated rings. The minimum Gasteiger partial charge on any atom is -0.382 e. The molecule has 1 rings (SSSR count). The zero-order valence-electron chi connectivity index (χ0n) is 11.8. The second-order valence-electron chi connectivity index (χ2n) is 3.99. The lowest BCUT2D eigenvalue weighted by Crippen LogP contribution is -2.25. The van der Waals surface area contributed by atoms with Crippen LogP contribution in [0.4, 0.5) is 5.82 Å². The van der Waals surface area contributed by atoms with Crippen LogP contribution in [-0.2, 0) is 19.5 Å². The van der Waals surface area contributed by atoms with Crippen molar-refractivity contribution in [1.82, 2.24) is 9.71 Å². The van der Waals surface area contributed by atoms with E-state index >= 15 is 0 Å². The Bertz CT molecular complexity index is 476. The molecule has 0 saturated heterocycles. The second kappa shape index (κ2) is 8.85. The van der Waals surface area contributed by atoms with Gasteiger partial charge in [-0.3, -0.25) is 0 Å². The summed E-state index contributed by atoms with van der Waals surface area (Å²) < 4.78 is 36.4. The minimum absolute atomic E-state index is 0.150. The van der Waals surface area contributed by atoms with Crippen molar-refractivity contribution in [2.24, 2.45) is 0 Å². The molecule has 0 saturated carbocycles. The average Bonchev–Trinajstić information content (AvgIpc) is 2.46. The van der Waals surface area contributed by atoms with E-state index in [9.17, 15) is 8.42 Å². The predicted octanol–water partition coefficient (Wildman–Crippen LogP) is 0.455. The molecule has 1 heterocycles. The Morgan fingerprint density at radius 1 is 1.25 bits per heavy atom. The van der Waals surface area contributed by atoms with Gasteiger partial charge < -0.3 is 14.8 Å². The molecule has 114 valence electrons. The molecule has 0 bridgehead atoms. The molecule has 0 aliphatic heterocycles. The highest BCUT2D eigenvalue weighted by atomic mass is 32.2. The van der Waals surface area contributed by atoms with Crippen molar-refractivity contribution in [3.8, 4) is 0 Å². The van der Waals surface area contributed by atoms with Crippen LogP contribution >= 0.6 is 0 Å². The van der Waals surface area contributed by atoms with Crippen molar-refractivity contribution in [2.75, 3.05) is 45.8 Å². The maximum atomic E-state index is 11.9. The van der Waals surface area contributed by atoms with Crippen LogP contribution in [0, 0.1) is 0 Å². The second-order valence-corrected chi connectivity index (χ2v) is 5.75. The molecule has 2 N–H and O–H groups in total. The largest absolute Gasteiger partial charge is 0.382 e. The van der Waals surface area contributed by atoms with Crippen molar-refractivity contribution >= 4 is 15.8 Å². The first-order chi connectivity index (χ1) is 9.60. The van der Waals surface area contributed by atoms with Crippen molar-refractivity contribution in [3.05, 3.63) is 18.3 Å². The van der Waals surface area contributed by atoms with Crippen LogP contribution in [0.3, 0.4) is 0 Å². The Balaban J connectivity index is 2.33. The molecule has 0 atom stereocenters. The number of ether oxygens (including phenoxy) is 2. The molecule has 1 aromatic heterocycles. The number of pyridine rings is 1. The molecule has 0 aliphatic carbocycles. The van der Waals surface area contributed by atoms with Crippen molar-refractivity contribution in [3.63, 3.8) is 0 Å². The standard InChI is InChI=1S/C12H21N3O4S/c1-13-12-5-4-11(10-14-12)20(16,17)15-6-3-7-19-9-8-18-2/h4-5,10,15H,3,6-9H2,1-2H3,(H,13,14). The zero-order chi connectivity index (χ0) is 14.8. The molecule has 0 amide bonds. The summed E-state index contributed by atoms with van der Waals surface area (Å²) in [5, 5.41) is 2.83. The van der Waals surface area contributed by atoms with Gasteiger partial charge >= 0.3 is 0 Å². The van der Waals surface area contributed by atoms with Crippen LogP contribution in [0.25, 0.3) is 0 Å². The summed E-state index contributed by atoms with van der Waals surface area (Å²) in [6.45, 7) is 1.86. The fourth-order valence-electron chi connectivity index (χ4n) is 1.40. The normalized spacial score (nSPS) is 11.5. The van der Waals surface area contributed by atoms with E-state index in [4.69, 9.17) is 9.47 Å². The minimum atomic E-state index is -3.50. The number of nitrogens with zero attached hydrogens (tertiary/aromatic N) is 1. The molecule has 20 heavy (non-hydrogen) atoms. The summed E-state index contributed by atoms with van der Waals surface area (Å²) in [6, 6.07) is 3.12. The van der Waals surface area contributed by atoms with Crippen LogP contribution in [0.15, 0.2) is 23.2 Å². The maximum absolute atomic E-state index is 11.9. The van der Waals surface area contributed by atoms with Crippen LogP contribution in [0.2, 0.25) is 0 Å². The molecule has 0 unspecified atom stereocenters.